The predicted octanol–water partition coefficient (Wildman–Crippen LogP) is 3.10. The first-order valence-electron chi connectivity index (χ1n) is 4.25. The number of rotatable bonds is 3. The van der Waals surface area contributed by atoms with E-state index in [9.17, 15) is 10.1 Å². The van der Waals surface area contributed by atoms with Crippen LogP contribution in [0.25, 0.3) is 0 Å². The number of hydrogen-bond donors (Lipinski definition) is 1. The Hall–Kier alpha value is -1.10. The van der Waals surface area contributed by atoms with Gasteiger partial charge >= 0.3 is 0 Å². The predicted molar refractivity (Wildman–Crippen MR) is 59.7 cm³/mol. The first-order chi connectivity index (χ1) is 6.57. The number of anilines is 1. The third-order valence-corrected chi connectivity index (χ3v) is 2.77. The zero-order valence-corrected chi connectivity index (χ0v) is 9.59. The number of hydrogen-bond acceptors (Lipinski definition) is 3. The summed E-state index contributed by atoms with van der Waals surface area (Å²) in [4.78, 5) is 10.5. The molecule has 1 aromatic carbocycles. The van der Waals surface area contributed by atoms with E-state index in [0.29, 0.717) is 17.8 Å². The molecule has 0 aliphatic rings. The first-order valence-corrected chi connectivity index (χ1v) is 5.04. The summed E-state index contributed by atoms with van der Waals surface area (Å²) in [6.07, 6.45) is 0. The first kappa shape index (κ1) is 11.0. The molecular formula is C9H11BrN2O2. The Labute approximate surface area is 90.6 Å². The van der Waals surface area contributed by atoms with Gasteiger partial charge in [0.1, 0.15) is 5.69 Å². The van der Waals surface area contributed by atoms with Crippen molar-refractivity contribution >= 4 is 27.3 Å². The van der Waals surface area contributed by atoms with E-state index in [2.05, 4.69) is 21.2 Å². The van der Waals surface area contributed by atoms with Crippen molar-refractivity contribution in [2.75, 3.05) is 11.9 Å². The van der Waals surface area contributed by atoms with E-state index >= 15 is 0 Å². The molecule has 0 aliphatic carbocycles. The Kier molecular flexibility index (Phi) is 3.46. The minimum Gasteiger partial charge on any atom is -0.380 e. The minimum absolute atomic E-state index is 0.140. The lowest BCUT2D eigenvalue weighted by Gasteiger charge is -2.07. The van der Waals surface area contributed by atoms with E-state index in [1.807, 2.05) is 6.92 Å². The van der Waals surface area contributed by atoms with Crippen LogP contribution in [0.4, 0.5) is 11.4 Å². The molecule has 76 valence electrons. The lowest BCUT2D eigenvalue weighted by atomic mass is 10.1. The van der Waals surface area contributed by atoms with Crippen molar-refractivity contribution in [3.63, 3.8) is 0 Å². The van der Waals surface area contributed by atoms with Crippen molar-refractivity contribution in [3.8, 4) is 0 Å². The number of halogens is 1. The summed E-state index contributed by atoms with van der Waals surface area (Å²) in [6.45, 7) is 4.30. The van der Waals surface area contributed by atoms with Crippen molar-refractivity contribution in [1.29, 1.82) is 0 Å². The Bertz CT molecular complexity index is 366. The van der Waals surface area contributed by atoms with Gasteiger partial charge in [0.2, 0.25) is 0 Å². The van der Waals surface area contributed by atoms with Crippen molar-refractivity contribution in [2.24, 2.45) is 0 Å². The molecular weight excluding hydrogens is 248 g/mol. The third kappa shape index (κ3) is 2.04. The second kappa shape index (κ2) is 4.41. The second-order valence-corrected chi connectivity index (χ2v) is 3.71. The van der Waals surface area contributed by atoms with Gasteiger partial charge in [0.05, 0.1) is 4.92 Å². The van der Waals surface area contributed by atoms with E-state index in [-0.39, 0.29) is 10.6 Å². The van der Waals surface area contributed by atoms with E-state index in [0.717, 1.165) is 4.47 Å². The van der Waals surface area contributed by atoms with Gasteiger partial charge < -0.3 is 5.32 Å². The molecule has 0 atom stereocenters. The van der Waals surface area contributed by atoms with Gasteiger partial charge in [0, 0.05) is 16.6 Å². The normalized spacial score (nSPS) is 9.93. The zero-order valence-electron chi connectivity index (χ0n) is 8.00. The van der Waals surface area contributed by atoms with Crippen LogP contribution < -0.4 is 5.32 Å². The lowest BCUT2D eigenvalue weighted by Crippen LogP contribution is -2.02. The highest BCUT2D eigenvalue weighted by Gasteiger charge is 2.18. The van der Waals surface area contributed by atoms with Gasteiger partial charge in [-0.15, -0.1) is 0 Å². The molecule has 0 spiro atoms. The van der Waals surface area contributed by atoms with Gasteiger partial charge in [0.15, 0.2) is 0 Å². The summed E-state index contributed by atoms with van der Waals surface area (Å²) in [6, 6.07) is 3.51. The van der Waals surface area contributed by atoms with Gasteiger partial charge in [-0.05, 0) is 26.0 Å². The number of nitro benzene ring substituents is 1. The molecule has 0 aromatic heterocycles. The second-order valence-electron chi connectivity index (χ2n) is 2.86. The number of nitrogens with zero attached hydrogens (tertiary/aromatic N) is 1. The Morgan fingerprint density at radius 2 is 2.21 bits per heavy atom. The third-order valence-electron chi connectivity index (χ3n) is 1.91. The van der Waals surface area contributed by atoms with E-state index < -0.39 is 0 Å². The lowest BCUT2D eigenvalue weighted by molar-refractivity contribution is -0.384. The van der Waals surface area contributed by atoms with E-state index in [1.54, 1.807) is 19.1 Å². The van der Waals surface area contributed by atoms with Crippen LogP contribution >= 0.6 is 15.9 Å². The average molecular weight is 259 g/mol. The molecule has 1 rings (SSSR count). The van der Waals surface area contributed by atoms with E-state index in [1.165, 1.54) is 0 Å². The molecule has 0 unspecified atom stereocenters. The Morgan fingerprint density at radius 3 is 2.71 bits per heavy atom. The summed E-state index contributed by atoms with van der Waals surface area (Å²) in [5.74, 6) is 0. The maximum atomic E-state index is 10.8. The largest absolute Gasteiger partial charge is 0.380 e. The fourth-order valence-corrected chi connectivity index (χ4v) is 1.56. The molecule has 5 heteroatoms. The number of nitrogens with one attached hydrogen (secondary N) is 1. The molecule has 0 saturated carbocycles. The maximum absolute atomic E-state index is 10.8. The highest BCUT2D eigenvalue weighted by atomic mass is 79.9. The van der Waals surface area contributed by atoms with Crippen LogP contribution in [-0.2, 0) is 0 Å². The summed E-state index contributed by atoms with van der Waals surface area (Å²) in [5.41, 5.74) is 1.35. The summed E-state index contributed by atoms with van der Waals surface area (Å²) < 4.78 is 0.755. The minimum atomic E-state index is -0.363. The molecule has 0 heterocycles. The van der Waals surface area contributed by atoms with Gasteiger partial charge in [-0.3, -0.25) is 10.1 Å². The van der Waals surface area contributed by atoms with Crippen molar-refractivity contribution < 1.29 is 4.92 Å². The van der Waals surface area contributed by atoms with Crippen LogP contribution in [0.2, 0.25) is 0 Å². The van der Waals surface area contributed by atoms with Crippen LogP contribution in [0.3, 0.4) is 0 Å². The van der Waals surface area contributed by atoms with Gasteiger partial charge in [0.25, 0.3) is 5.69 Å². The molecule has 0 aliphatic heterocycles. The monoisotopic (exact) mass is 258 g/mol. The van der Waals surface area contributed by atoms with Crippen LogP contribution in [0.5, 0.6) is 0 Å². The molecule has 1 aromatic rings. The number of benzene rings is 1. The average Bonchev–Trinajstić information content (AvgIpc) is 2.11. The topological polar surface area (TPSA) is 55.2 Å². The van der Waals surface area contributed by atoms with Gasteiger partial charge in [-0.1, -0.05) is 15.9 Å². The summed E-state index contributed by atoms with van der Waals surface area (Å²) in [7, 11) is 0. The molecule has 4 nitrogen and oxygen atoms in total. The molecule has 0 radical (unpaired) electrons. The van der Waals surface area contributed by atoms with Crippen LogP contribution in [0.1, 0.15) is 12.5 Å². The van der Waals surface area contributed by atoms with Gasteiger partial charge in [-0.2, -0.15) is 0 Å². The highest BCUT2D eigenvalue weighted by Crippen LogP contribution is 2.33. The van der Waals surface area contributed by atoms with Crippen molar-refractivity contribution in [2.45, 2.75) is 13.8 Å². The van der Waals surface area contributed by atoms with Crippen LogP contribution in [0.15, 0.2) is 16.6 Å². The molecule has 0 saturated heterocycles. The quantitative estimate of drug-likeness (QED) is 0.670. The molecule has 0 fully saturated rings. The Morgan fingerprint density at radius 1 is 1.57 bits per heavy atom. The van der Waals surface area contributed by atoms with Crippen LogP contribution in [-0.4, -0.2) is 11.5 Å². The molecule has 1 N–H and O–H groups in total. The van der Waals surface area contributed by atoms with Gasteiger partial charge in [-0.25, -0.2) is 0 Å². The molecule has 0 bridgehead atoms. The zero-order chi connectivity index (χ0) is 10.7. The van der Waals surface area contributed by atoms with Crippen molar-refractivity contribution in [3.05, 3.63) is 32.3 Å². The molecule has 0 amide bonds. The fraction of sp³-hybridized carbons (Fsp3) is 0.333. The SMILES string of the molecule is CCNc1ccc(Br)c(C)c1[N+](=O)[O-]. The molecule has 14 heavy (non-hydrogen) atoms. The number of nitro groups is 1. The highest BCUT2D eigenvalue weighted by molar-refractivity contribution is 9.10. The Balaban J connectivity index is 3.30. The van der Waals surface area contributed by atoms with Crippen molar-refractivity contribution in [1.82, 2.24) is 0 Å². The van der Waals surface area contributed by atoms with E-state index in [4.69, 9.17) is 0 Å². The smallest absolute Gasteiger partial charge is 0.296 e. The van der Waals surface area contributed by atoms with Crippen LogP contribution in [0, 0.1) is 17.0 Å². The standard InChI is InChI=1S/C9H11BrN2O2/c1-3-11-8-5-4-7(10)6(2)9(8)12(13)14/h4-5,11H,3H2,1-2H3. The summed E-state index contributed by atoms with van der Waals surface area (Å²) >= 11 is 3.27. The summed E-state index contributed by atoms with van der Waals surface area (Å²) in [5, 5.41) is 13.8. The maximum Gasteiger partial charge on any atom is 0.296 e. The fourth-order valence-electron chi connectivity index (χ4n) is 1.24.